The fourth-order valence-electron chi connectivity index (χ4n) is 4.56. The molecule has 0 radical (unpaired) electrons. The van der Waals surface area contributed by atoms with E-state index in [1.54, 1.807) is 35.4 Å². The van der Waals surface area contributed by atoms with E-state index in [0.717, 1.165) is 5.56 Å². The smallest absolute Gasteiger partial charge is 0.410 e. The Hall–Kier alpha value is -3.40. The monoisotopic (exact) mass is 525 g/mol. The van der Waals surface area contributed by atoms with E-state index in [-0.39, 0.29) is 28.7 Å². The number of allylic oxidation sites excluding steroid dienone is 1. The quantitative estimate of drug-likeness (QED) is 0.481. The summed E-state index contributed by atoms with van der Waals surface area (Å²) in [6, 6.07) is 6.48. The molecule has 1 aromatic carbocycles. The number of carbonyl (C=O) groups is 1. The minimum Gasteiger partial charge on any atom is -0.444 e. The molecule has 0 N–H and O–H groups in total. The highest BCUT2D eigenvalue weighted by Gasteiger charge is 2.36. The number of nitrogens with zero attached hydrogens (tertiary/aromatic N) is 5. The van der Waals surface area contributed by atoms with Gasteiger partial charge in [0.2, 0.25) is 0 Å². The summed E-state index contributed by atoms with van der Waals surface area (Å²) < 4.78 is 34.1. The Bertz CT molecular complexity index is 1450. The van der Waals surface area contributed by atoms with Crippen molar-refractivity contribution in [1.29, 1.82) is 0 Å². The van der Waals surface area contributed by atoms with Crippen molar-refractivity contribution in [3.05, 3.63) is 54.5 Å². The number of hydrogen-bond donors (Lipinski definition) is 0. The first kappa shape index (κ1) is 26.7. The molecule has 10 heteroatoms. The van der Waals surface area contributed by atoms with Crippen LogP contribution in [-0.2, 0) is 14.8 Å². The van der Waals surface area contributed by atoms with Crippen molar-refractivity contribution in [3.63, 3.8) is 0 Å². The van der Waals surface area contributed by atoms with Crippen LogP contribution >= 0.6 is 0 Å². The fraction of sp³-hybridized carbons (Fsp3) is 0.444. The van der Waals surface area contributed by atoms with Crippen molar-refractivity contribution in [1.82, 2.24) is 18.8 Å². The van der Waals surface area contributed by atoms with Gasteiger partial charge >= 0.3 is 6.09 Å². The molecule has 0 aliphatic carbocycles. The van der Waals surface area contributed by atoms with Gasteiger partial charge in [0, 0.05) is 36.9 Å². The number of anilines is 1. The number of carbonyl (C=O) groups excluding carboxylic acids is 1. The largest absolute Gasteiger partial charge is 0.444 e. The Labute approximate surface area is 218 Å². The molecule has 1 aliphatic heterocycles. The van der Waals surface area contributed by atoms with Crippen LogP contribution in [0, 0.1) is 6.92 Å². The van der Waals surface area contributed by atoms with Crippen molar-refractivity contribution < 1.29 is 17.9 Å². The number of ether oxygens (including phenoxy) is 1. The van der Waals surface area contributed by atoms with Crippen LogP contribution in [0.3, 0.4) is 0 Å². The summed E-state index contributed by atoms with van der Waals surface area (Å²) >= 11 is 0. The highest BCUT2D eigenvalue weighted by atomic mass is 32.2. The van der Waals surface area contributed by atoms with Crippen molar-refractivity contribution in [2.75, 3.05) is 18.0 Å². The summed E-state index contributed by atoms with van der Waals surface area (Å²) in [5.41, 5.74) is 2.04. The lowest BCUT2D eigenvalue weighted by Gasteiger charge is -2.44. The third kappa shape index (κ3) is 5.07. The topological polar surface area (TPSA) is 97.6 Å². The SMILES string of the molecule is C=C(C)c1cn(S(=O)(=O)c2ccc(C)cc2)c2ncnc(N3C[C@H](C)N(C(=O)OC(C)(C)C)CC3C)c12. The van der Waals surface area contributed by atoms with Crippen LogP contribution < -0.4 is 4.90 Å². The van der Waals surface area contributed by atoms with Crippen molar-refractivity contribution in [2.24, 2.45) is 0 Å². The molecule has 1 fully saturated rings. The lowest BCUT2D eigenvalue weighted by atomic mass is 10.1. The third-order valence-corrected chi connectivity index (χ3v) is 8.12. The lowest BCUT2D eigenvalue weighted by molar-refractivity contribution is 0.0130. The minimum atomic E-state index is -3.91. The van der Waals surface area contributed by atoms with Gasteiger partial charge in [-0.15, -0.1) is 0 Å². The van der Waals surface area contributed by atoms with E-state index < -0.39 is 15.6 Å². The number of aryl methyl sites for hydroxylation is 1. The average Bonchev–Trinajstić information content (AvgIpc) is 3.20. The molecule has 4 rings (SSSR count). The Morgan fingerprint density at radius 2 is 1.73 bits per heavy atom. The number of amides is 1. The first-order valence-corrected chi connectivity index (χ1v) is 13.7. The van der Waals surface area contributed by atoms with Gasteiger partial charge in [0.25, 0.3) is 10.0 Å². The molecule has 37 heavy (non-hydrogen) atoms. The summed E-state index contributed by atoms with van der Waals surface area (Å²) in [7, 11) is -3.91. The molecule has 9 nitrogen and oxygen atoms in total. The van der Waals surface area contributed by atoms with Crippen LogP contribution in [0.15, 0.2) is 48.3 Å². The number of fused-ring (bicyclic) bond motifs is 1. The predicted molar refractivity (Wildman–Crippen MR) is 145 cm³/mol. The summed E-state index contributed by atoms with van der Waals surface area (Å²) in [6.45, 7) is 18.3. The molecule has 0 spiro atoms. The van der Waals surface area contributed by atoms with Gasteiger partial charge in [-0.05, 0) is 66.2 Å². The molecule has 2 aromatic heterocycles. The van der Waals surface area contributed by atoms with E-state index in [1.807, 2.05) is 48.5 Å². The molecule has 198 valence electrons. The maximum absolute atomic E-state index is 13.6. The predicted octanol–water partition coefficient (Wildman–Crippen LogP) is 4.84. The first-order valence-electron chi connectivity index (χ1n) is 12.3. The molecule has 1 unspecified atom stereocenters. The molecule has 0 saturated carbocycles. The standard InChI is InChI=1S/C27H35N5O4S/c1-17(2)22-15-32(37(34,35)21-11-9-18(3)10-12-21)25-23(22)24(28-16-29-25)30-13-20(5)31(14-19(30)4)26(33)36-27(6,7)8/h9-12,15-16,19-20H,1,13-14H2,2-8H3/t19?,20-/m0/s1. The Kier molecular flexibility index (Phi) is 6.83. The molecular weight excluding hydrogens is 490 g/mol. The maximum atomic E-state index is 13.6. The number of hydrogen-bond acceptors (Lipinski definition) is 7. The average molecular weight is 526 g/mol. The number of rotatable bonds is 4. The van der Waals surface area contributed by atoms with Crippen LogP contribution in [-0.4, -0.2) is 64.1 Å². The fourth-order valence-corrected chi connectivity index (χ4v) is 5.88. The zero-order chi connectivity index (χ0) is 27.3. The maximum Gasteiger partial charge on any atom is 0.410 e. The molecular formula is C27H35N5O4S. The van der Waals surface area contributed by atoms with Gasteiger partial charge in [-0.2, -0.15) is 0 Å². The van der Waals surface area contributed by atoms with Crippen molar-refractivity contribution >= 4 is 38.5 Å². The molecule has 0 bridgehead atoms. The van der Waals surface area contributed by atoms with Crippen LogP contribution in [0.2, 0.25) is 0 Å². The summed E-state index contributed by atoms with van der Waals surface area (Å²) in [6.07, 6.45) is 2.61. The van der Waals surface area contributed by atoms with E-state index in [9.17, 15) is 13.2 Å². The molecule has 2 atom stereocenters. The summed E-state index contributed by atoms with van der Waals surface area (Å²) in [5.74, 6) is 0.615. The second-order valence-electron chi connectivity index (χ2n) is 10.8. The molecule has 1 aliphatic rings. The zero-order valence-corrected chi connectivity index (χ0v) is 23.3. The van der Waals surface area contributed by atoms with Crippen LogP contribution in [0.5, 0.6) is 0 Å². The number of aromatic nitrogens is 3. The lowest BCUT2D eigenvalue weighted by Crippen LogP contribution is -2.59. The normalized spacial score (nSPS) is 18.8. The Morgan fingerprint density at radius 3 is 2.32 bits per heavy atom. The Balaban J connectivity index is 1.79. The first-order chi connectivity index (χ1) is 17.2. The van der Waals surface area contributed by atoms with Gasteiger partial charge in [-0.1, -0.05) is 24.3 Å². The van der Waals surface area contributed by atoms with Gasteiger partial charge in [0.15, 0.2) is 5.65 Å². The number of piperazine rings is 1. The summed E-state index contributed by atoms with van der Waals surface area (Å²) in [4.78, 5) is 25.8. The van der Waals surface area contributed by atoms with Crippen LogP contribution in [0.1, 0.15) is 52.7 Å². The third-order valence-electron chi connectivity index (χ3n) is 6.46. The zero-order valence-electron chi connectivity index (χ0n) is 22.5. The molecule has 3 aromatic rings. The van der Waals surface area contributed by atoms with E-state index in [1.165, 1.54) is 10.3 Å². The van der Waals surface area contributed by atoms with Crippen LogP contribution in [0.25, 0.3) is 16.6 Å². The van der Waals surface area contributed by atoms with E-state index in [0.29, 0.717) is 35.4 Å². The minimum absolute atomic E-state index is 0.100. The highest BCUT2D eigenvalue weighted by Crippen LogP contribution is 2.36. The van der Waals surface area contributed by atoms with Gasteiger partial charge in [0.05, 0.1) is 10.3 Å². The van der Waals surface area contributed by atoms with E-state index in [2.05, 4.69) is 21.4 Å². The van der Waals surface area contributed by atoms with Gasteiger partial charge in [-0.25, -0.2) is 27.2 Å². The van der Waals surface area contributed by atoms with Gasteiger partial charge in [0.1, 0.15) is 17.7 Å². The van der Waals surface area contributed by atoms with Crippen molar-refractivity contribution in [2.45, 2.75) is 71.0 Å². The van der Waals surface area contributed by atoms with Gasteiger partial charge < -0.3 is 14.5 Å². The van der Waals surface area contributed by atoms with Crippen LogP contribution in [0.4, 0.5) is 10.6 Å². The summed E-state index contributed by atoms with van der Waals surface area (Å²) in [5, 5.41) is 0.621. The molecule has 1 amide bonds. The van der Waals surface area contributed by atoms with Gasteiger partial charge in [-0.3, -0.25) is 0 Å². The van der Waals surface area contributed by atoms with Crippen molar-refractivity contribution in [3.8, 4) is 0 Å². The molecule has 3 heterocycles. The molecule has 1 saturated heterocycles. The second kappa shape index (κ2) is 9.48. The second-order valence-corrected chi connectivity index (χ2v) is 12.6. The Morgan fingerprint density at radius 1 is 1.08 bits per heavy atom. The van der Waals surface area contributed by atoms with E-state index in [4.69, 9.17) is 4.74 Å². The van der Waals surface area contributed by atoms with E-state index >= 15 is 0 Å². The highest BCUT2D eigenvalue weighted by molar-refractivity contribution is 7.90. The number of benzene rings is 1.